The average molecular weight is 432 g/mol. The molecule has 0 spiro atoms. The lowest BCUT2D eigenvalue weighted by Crippen LogP contribution is -2.03. The van der Waals surface area contributed by atoms with Gasteiger partial charge in [-0.2, -0.15) is 4.98 Å². The fourth-order valence-electron chi connectivity index (χ4n) is 2.14. The highest BCUT2D eigenvalue weighted by molar-refractivity contribution is 14.1. The van der Waals surface area contributed by atoms with Crippen LogP contribution < -0.4 is 15.8 Å². The molecule has 2 aromatic carbocycles. The van der Waals surface area contributed by atoms with E-state index in [-0.39, 0.29) is 0 Å². The number of nitrogens with zero attached hydrogens (tertiary/aromatic N) is 2. The number of hydrogen-bond acceptors (Lipinski definition) is 5. The number of halogens is 1. The normalized spacial score (nSPS) is 10.4. The van der Waals surface area contributed by atoms with Crippen LogP contribution in [0.4, 0.5) is 17.2 Å². The molecule has 3 aromatic rings. The van der Waals surface area contributed by atoms with Gasteiger partial charge >= 0.3 is 0 Å². The Bertz CT molecular complexity index is 819. The molecule has 0 atom stereocenters. The van der Waals surface area contributed by atoms with Crippen LogP contribution in [0.2, 0.25) is 0 Å². The largest absolute Gasteiger partial charge is 0.437 e. The van der Waals surface area contributed by atoms with E-state index in [2.05, 4.69) is 44.8 Å². The van der Waals surface area contributed by atoms with Crippen LogP contribution in [0.5, 0.6) is 11.6 Å². The van der Waals surface area contributed by atoms with Gasteiger partial charge in [-0.15, -0.1) is 0 Å². The molecule has 0 saturated heterocycles. The predicted molar refractivity (Wildman–Crippen MR) is 105 cm³/mol. The Balaban J connectivity index is 1.80. The molecule has 0 amide bonds. The van der Waals surface area contributed by atoms with Crippen LogP contribution in [0.1, 0.15) is 12.5 Å². The Kier molecular flexibility index (Phi) is 5.14. The van der Waals surface area contributed by atoms with Crippen LogP contribution in [-0.2, 0) is 6.42 Å². The van der Waals surface area contributed by atoms with Crippen LogP contribution in [0.15, 0.2) is 54.9 Å². The van der Waals surface area contributed by atoms with Gasteiger partial charge in [0.15, 0.2) is 5.82 Å². The highest BCUT2D eigenvalue weighted by Crippen LogP contribution is 2.31. The van der Waals surface area contributed by atoms with E-state index in [0.717, 1.165) is 15.7 Å². The summed E-state index contributed by atoms with van der Waals surface area (Å²) in [7, 11) is 0. The molecule has 24 heavy (non-hydrogen) atoms. The molecule has 0 aliphatic rings. The van der Waals surface area contributed by atoms with Crippen LogP contribution in [0, 0.1) is 3.57 Å². The minimum Gasteiger partial charge on any atom is -0.437 e. The Labute approximate surface area is 154 Å². The summed E-state index contributed by atoms with van der Waals surface area (Å²) in [5, 5.41) is 3.18. The highest BCUT2D eigenvalue weighted by atomic mass is 127. The van der Waals surface area contributed by atoms with Crippen molar-refractivity contribution in [3.8, 4) is 11.6 Å². The van der Waals surface area contributed by atoms with Gasteiger partial charge in [0, 0.05) is 9.26 Å². The molecule has 6 heteroatoms. The van der Waals surface area contributed by atoms with E-state index < -0.39 is 0 Å². The second-order valence-electron chi connectivity index (χ2n) is 5.17. The summed E-state index contributed by atoms with van der Waals surface area (Å²) in [6, 6.07) is 15.8. The van der Waals surface area contributed by atoms with Crippen LogP contribution in [0.25, 0.3) is 0 Å². The molecule has 0 radical (unpaired) electrons. The van der Waals surface area contributed by atoms with E-state index in [4.69, 9.17) is 10.5 Å². The van der Waals surface area contributed by atoms with E-state index in [1.807, 2.05) is 48.5 Å². The molecule has 3 rings (SSSR count). The van der Waals surface area contributed by atoms with Gasteiger partial charge in [-0.3, -0.25) is 0 Å². The first-order chi connectivity index (χ1) is 11.7. The first-order valence-corrected chi connectivity index (χ1v) is 8.63. The van der Waals surface area contributed by atoms with Crippen molar-refractivity contribution in [2.45, 2.75) is 13.3 Å². The fraction of sp³-hybridized carbons (Fsp3) is 0.111. The number of nitrogen functional groups attached to an aromatic ring is 1. The summed E-state index contributed by atoms with van der Waals surface area (Å²) < 4.78 is 6.95. The van der Waals surface area contributed by atoms with Crippen molar-refractivity contribution >= 4 is 39.8 Å². The van der Waals surface area contributed by atoms with Gasteiger partial charge in [-0.05, 0) is 71.0 Å². The van der Waals surface area contributed by atoms with Crippen molar-refractivity contribution in [1.29, 1.82) is 0 Å². The molecule has 122 valence electrons. The van der Waals surface area contributed by atoms with E-state index >= 15 is 0 Å². The third-order valence-corrected chi connectivity index (χ3v) is 4.22. The first-order valence-electron chi connectivity index (χ1n) is 7.55. The lowest BCUT2D eigenvalue weighted by atomic mass is 10.2. The van der Waals surface area contributed by atoms with Gasteiger partial charge in [0.25, 0.3) is 0 Å². The number of nitrogens with two attached hydrogens (primary N) is 1. The van der Waals surface area contributed by atoms with Gasteiger partial charge < -0.3 is 15.8 Å². The van der Waals surface area contributed by atoms with Gasteiger partial charge in [-0.1, -0.05) is 19.1 Å². The third kappa shape index (κ3) is 3.94. The molecule has 0 aliphatic carbocycles. The molecule has 0 fully saturated rings. The summed E-state index contributed by atoms with van der Waals surface area (Å²) in [4.78, 5) is 8.33. The van der Waals surface area contributed by atoms with Crippen molar-refractivity contribution in [2.75, 3.05) is 11.1 Å². The Morgan fingerprint density at radius 1 is 1.04 bits per heavy atom. The van der Waals surface area contributed by atoms with Crippen LogP contribution in [-0.4, -0.2) is 9.97 Å². The minimum absolute atomic E-state index is 0.335. The average Bonchev–Trinajstić information content (AvgIpc) is 2.61. The zero-order valence-corrected chi connectivity index (χ0v) is 15.3. The molecule has 0 unspecified atom stereocenters. The maximum atomic E-state index is 6.15. The van der Waals surface area contributed by atoms with Gasteiger partial charge in [0.1, 0.15) is 17.8 Å². The number of anilines is 3. The third-order valence-electron chi connectivity index (χ3n) is 3.50. The lowest BCUT2D eigenvalue weighted by molar-refractivity contribution is 0.464. The molecule has 3 N–H and O–H groups in total. The van der Waals surface area contributed by atoms with Crippen molar-refractivity contribution < 1.29 is 4.74 Å². The van der Waals surface area contributed by atoms with Crippen LogP contribution in [0.3, 0.4) is 0 Å². The smallest absolute Gasteiger partial charge is 0.248 e. The number of aromatic nitrogens is 2. The zero-order chi connectivity index (χ0) is 16.9. The van der Waals surface area contributed by atoms with E-state index in [1.54, 1.807) is 0 Å². The molecule has 0 saturated carbocycles. The number of hydrogen-bond donors (Lipinski definition) is 2. The second-order valence-corrected chi connectivity index (χ2v) is 6.42. The number of benzene rings is 2. The summed E-state index contributed by atoms with van der Waals surface area (Å²) in [5.41, 5.74) is 8.67. The Morgan fingerprint density at radius 2 is 1.75 bits per heavy atom. The van der Waals surface area contributed by atoms with E-state index in [1.165, 1.54) is 11.9 Å². The van der Waals surface area contributed by atoms with Gasteiger partial charge in [0.05, 0.1) is 0 Å². The lowest BCUT2D eigenvalue weighted by Gasteiger charge is -2.12. The van der Waals surface area contributed by atoms with Crippen molar-refractivity contribution in [1.82, 2.24) is 9.97 Å². The number of aryl methyl sites for hydroxylation is 1. The molecule has 0 aliphatic heterocycles. The molecule has 5 nitrogen and oxygen atoms in total. The van der Waals surface area contributed by atoms with Crippen molar-refractivity contribution in [3.05, 3.63) is 64.0 Å². The van der Waals surface area contributed by atoms with Gasteiger partial charge in [0.2, 0.25) is 5.88 Å². The number of rotatable bonds is 5. The quantitative estimate of drug-likeness (QED) is 0.569. The minimum atomic E-state index is 0.335. The monoisotopic (exact) mass is 432 g/mol. The topological polar surface area (TPSA) is 73.1 Å². The highest BCUT2D eigenvalue weighted by Gasteiger charge is 2.10. The SMILES string of the molecule is CCc1ccc(Oc2ncnc(Nc3ccc(I)cc3)c2N)cc1. The molecule has 1 heterocycles. The summed E-state index contributed by atoms with van der Waals surface area (Å²) in [5.74, 6) is 1.55. The van der Waals surface area contributed by atoms with Crippen molar-refractivity contribution in [2.24, 2.45) is 0 Å². The molecule has 0 bridgehead atoms. The van der Waals surface area contributed by atoms with Gasteiger partial charge in [-0.25, -0.2) is 4.98 Å². The summed E-state index contributed by atoms with van der Waals surface area (Å²) in [6.07, 6.45) is 2.42. The molecular formula is C18H17IN4O. The molecular weight excluding hydrogens is 415 g/mol. The number of nitrogens with one attached hydrogen (secondary N) is 1. The number of ether oxygens (including phenoxy) is 1. The predicted octanol–water partition coefficient (Wildman–Crippen LogP) is 4.76. The van der Waals surface area contributed by atoms with Crippen molar-refractivity contribution in [3.63, 3.8) is 0 Å². The summed E-state index contributed by atoms with van der Waals surface area (Å²) >= 11 is 2.26. The first kappa shape index (κ1) is 16.5. The fourth-order valence-corrected chi connectivity index (χ4v) is 2.49. The standard InChI is InChI=1S/C18H17IN4O/c1-2-12-3-9-15(10-4-12)24-18-16(20)17(21-11-22-18)23-14-7-5-13(19)6-8-14/h3-11H,2,20H2,1H3,(H,21,22,23). The Hall–Kier alpha value is -2.35. The zero-order valence-electron chi connectivity index (χ0n) is 13.2. The van der Waals surface area contributed by atoms with Crippen LogP contribution >= 0.6 is 22.6 Å². The van der Waals surface area contributed by atoms with E-state index in [9.17, 15) is 0 Å². The molecule has 1 aromatic heterocycles. The van der Waals surface area contributed by atoms with E-state index in [0.29, 0.717) is 23.1 Å². The maximum Gasteiger partial charge on any atom is 0.248 e. The second kappa shape index (κ2) is 7.48. The maximum absolute atomic E-state index is 6.15. The summed E-state index contributed by atoms with van der Waals surface area (Å²) in [6.45, 7) is 2.11. The Morgan fingerprint density at radius 3 is 2.42 bits per heavy atom.